The van der Waals surface area contributed by atoms with E-state index < -0.39 is 17.7 Å². The predicted octanol–water partition coefficient (Wildman–Crippen LogP) is 4.77. The van der Waals surface area contributed by atoms with Gasteiger partial charge in [-0.1, -0.05) is 17.3 Å². The highest BCUT2D eigenvalue weighted by Crippen LogP contribution is 2.35. The number of piperidine rings is 1. The van der Waals surface area contributed by atoms with E-state index in [1.165, 1.54) is 6.07 Å². The van der Waals surface area contributed by atoms with Gasteiger partial charge in [0.25, 0.3) is 5.89 Å². The van der Waals surface area contributed by atoms with E-state index in [0.717, 1.165) is 6.07 Å². The van der Waals surface area contributed by atoms with Gasteiger partial charge in [0.1, 0.15) is 0 Å². The highest BCUT2D eigenvalue weighted by Gasteiger charge is 2.34. The smallest absolute Gasteiger partial charge is 0.416 e. The molecule has 3 aromatic rings. The third-order valence-electron chi connectivity index (χ3n) is 6.35. The lowest BCUT2D eigenvalue weighted by molar-refractivity contribution is -0.143. The number of benzene rings is 1. The van der Waals surface area contributed by atoms with Crippen molar-refractivity contribution in [3.63, 3.8) is 0 Å². The first-order valence-corrected chi connectivity index (χ1v) is 12.3. The maximum atomic E-state index is 13.9. The van der Waals surface area contributed by atoms with Gasteiger partial charge in [0.2, 0.25) is 11.7 Å². The average Bonchev–Trinajstić information content (AvgIpc) is 3.49. The molecule has 0 aliphatic carbocycles. The molecule has 1 aliphatic rings. The summed E-state index contributed by atoms with van der Waals surface area (Å²) in [5, 5.41) is 17.4. The molecule has 37 heavy (non-hydrogen) atoms. The van der Waals surface area contributed by atoms with E-state index in [4.69, 9.17) is 14.4 Å². The first-order chi connectivity index (χ1) is 17.5. The van der Waals surface area contributed by atoms with Gasteiger partial charge in [-0.3, -0.25) is 4.79 Å². The number of nitrogens with zero attached hydrogens (tertiary/aromatic N) is 5. The number of carboxylic acid groups (broad SMARTS) is 1. The van der Waals surface area contributed by atoms with Gasteiger partial charge in [0.05, 0.1) is 17.6 Å². The maximum Gasteiger partial charge on any atom is 0.416 e. The molecule has 1 saturated heterocycles. The summed E-state index contributed by atoms with van der Waals surface area (Å²) in [5.41, 5.74) is -0.0327. The van der Waals surface area contributed by atoms with Crippen molar-refractivity contribution in [3.8, 4) is 28.9 Å². The van der Waals surface area contributed by atoms with Crippen LogP contribution in [0.4, 0.5) is 13.2 Å². The fraction of sp³-hybridized carbons (Fsp3) is 0.520. The zero-order valence-electron chi connectivity index (χ0n) is 21.0. The number of aliphatic carboxylic acids is 1. The summed E-state index contributed by atoms with van der Waals surface area (Å²) < 4.78 is 54.5. The number of alkyl halides is 3. The minimum Gasteiger partial charge on any atom is -0.481 e. The highest BCUT2D eigenvalue weighted by molar-refractivity contribution is 5.70. The van der Waals surface area contributed by atoms with Crippen molar-refractivity contribution in [2.24, 2.45) is 5.92 Å². The Labute approximate surface area is 212 Å². The van der Waals surface area contributed by atoms with Crippen LogP contribution in [0.5, 0.6) is 5.88 Å². The lowest BCUT2D eigenvalue weighted by Crippen LogP contribution is -2.37. The van der Waals surface area contributed by atoms with Crippen molar-refractivity contribution in [1.29, 1.82) is 0 Å². The molecule has 0 atom stereocenters. The number of aryl methyl sites for hydroxylation is 1. The van der Waals surface area contributed by atoms with Gasteiger partial charge >= 0.3 is 12.1 Å². The molecule has 2 aromatic heterocycles. The van der Waals surface area contributed by atoms with Gasteiger partial charge in [-0.25, -0.2) is 4.68 Å². The Kier molecular flexibility index (Phi) is 7.86. The van der Waals surface area contributed by atoms with Crippen LogP contribution in [-0.2, 0) is 23.9 Å². The van der Waals surface area contributed by atoms with Crippen molar-refractivity contribution >= 4 is 5.97 Å². The Balaban J connectivity index is 1.52. The Hall–Kier alpha value is -3.41. The Morgan fingerprint density at radius 2 is 1.97 bits per heavy atom. The number of aromatic nitrogens is 4. The summed E-state index contributed by atoms with van der Waals surface area (Å²) in [7, 11) is 0. The summed E-state index contributed by atoms with van der Waals surface area (Å²) in [6, 6.07) is 5.69. The number of carboxylic acids is 1. The molecule has 1 fully saturated rings. The van der Waals surface area contributed by atoms with Crippen LogP contribution in [-0.4, -0.2) is 61.6 Å². The third-order valence-corrected chi connectivity index (χ3v) is 6.35. The zero-order chi connectivity index (χ0) is 26.7. The van der Waals surface area contributed by atoms with Crippen molar-refractivity contribution in [2.75, 3.05) is 19.6 Å². The van der Waals surface area contributed by atoms with E-state index in [1.807, 2.05) is 25.7 Å². The molecule has 0 bridgehead atoms. The molecule has 0 unspecified atom stereocenters. The number of likely N-dealkylation sites (tertiary alicyclic amines) is 1. The summed E-state index contributed by atoms with van der Waals surface area (Å²) in [4.78, 5) is 17.4. The summed E-state index contributed by atoms with van der Waals surface area (Å²) in [6.45, 7) is 7.77. The van der Waals surface area contributed by atoms with Gasteiger partial charge in [0.15, 0.2) is 5.69 Å². The summed E-state index contributed by atoms with van der Waals surface area (Å²) in [5.74, 6) is -0.560. The molecule has 4 rings (SSSR count). The van der Waals surface area contributed by atoms with E-state index in [1.54, 1.807) is 16.8 Å². The summed E-state index contributed by atoms with van der Waals surface area (Å²) >= 11 is 0. The number of ether oxygens (including phenoxy) is 1. The molecule has 9 nitrogen and oxygen atoms in total. The maximum absolute atomic E-state index is 13.9. The largest absolute Gasteiger partial charge is 0.481 e. The van der Waals surface area contributed by atoms with Crippen LogP contribution in [0.2, 0.25) is 0 Å². The van der Waals surface area contributed by atoms with Crippen LogP contribution in [0.15, 0.2) is 28.8 Å². The molecule has 3 heterocycles. The summed E-state index contributed by atoms with van der Waals surface area (Å²) in [6.07, 6.45) is -3.43. The van der Waals surface area contributed by atoms with Crippen LogP contribution in [0.3, 0.4) is 0 Å². The number of halogens is 3. The highest BCUT2D eigenvalue weighted by atomic mass is 19.4. The fourth-order valence-corrected chi connectivity index (χ4v) is 4.39. The number of hydrogen-bond donors (Lipinski definition) is 1. The SMILES string of the molecule is CCn1nc(-c2nc(-c3ccc(CCN4CCC(C(=O)O)CC4)c(C(F)(F)F)c3)no2)cc1OC(C)C. The van der Waals surface area contributed by atoms with E-state index >= 15 is 0 Å². The molecule has 0 saturated carbocycles. The molecule has 0 amide bonds. The van der Waals surface area contributed by atoms with Crippen LogP contribution >= 0.6 is 0 Å². The number of rotatable bonds is 9. The van der Waals surface area contributed by atoms with Gasteiger partial charge in [0, 0.05) is 24.7 Å². The molecule has 0 radical (unpaired) electrons. The fourth-order valence-electron chi connectivity index (χ4n) is 4.39. The molecule has 200 valence electrons. The van der Waals surface area contributed by atoms with Crippen LogP contribution in [0.25, 0.3) is 23.0 Å². The molecular formula is C25H30F3N5O4. The second-order valence-electron chi connectivity index (χ2n) is 9.35. The normalized spacial score (nSPS) is 15.4. The van der Waals surface area contributed by atoms with Crippen molar-refractivity contribution in [3.05, 3.63) is 35.4 Å². The van der Waals surface area contributed by atoms with E-state index in [0.29, 0.717) is 50.6 Å². The van der Waals surface area contributed by atoms with E-state index in [-0.39, 0.29) is 41.3 Å². The number of hydrogen-bond acceptors (Lipinski definition) is 7. The van der Waals surface area contributed by atoms with Gasteiger partial charge < -0.3 is 19.3 Å². The van der Waals surface area contributed by atoms with Crippen molar-refractivity contribution in [1.82, 2.24) is 24.8 Å². The second-order valence-corrected chi connectivity index (χ2v) is 9.35. The van der Waals surface area contributed by atoms with Crippen LogP contribution in [0.1, 0.15) is 44.7 Å². The van der Waals surface area contributed by atoms with Gasteiger partial charge in [-0.2, -0.15) is 23.3 Å². The Morgan fingerprint density at radius 1 is 1.24 bits per heavy atom. The van der Waals surface area contributed by atoms with Crippen molar-refractivity contribution < 1.29 is 32.3 Å². The monoisotopic (exact) mass is 521 g/mol. The molecular weight excluding hydrogens is 491 g/mol. The molecule has 12 heteroatoms. The Bertz CT molecular complexity index is 1230. The molecule has 0 spiro atoms. The minimum atomic E-state index is -4.56. The molecule has 1 aromatic carbocycles. The minimum absolute atomic E-state index is 0.0279. The Morgan fingerprint density at radius 3 is 2.59 bits per heavy atom. The van der Waals surface area contributed by atoms with E-state index in [9.17, 15) is 18.0 Å². The van der Waals surface area contributed by atoms with Crippen LogP contribution in [0, 0.1) is 5.92 Å². The van der Waals surface area contributed by atoms with Crippen LogP contribution < -0.4 is 4.74 Å². The quantitative estimate of drug-likeness (QED) is 0.429. The van der Waals surface area contributed by atoms with E-state index in [2.05, 4.69) is 15.2 Å². The lowest BCUT2D eigenvalue weighted by atomic mass is 9.96. The predicted molar refractivity (Wildman–Crippen MR) is 128 cm³/mol. The number of carbonyl (C=O) groups is 1. The standard InChI is InChI=1S/C25H30F3N5O4/c1-4-33-21(36-15(2)3)14-20(30-33)23-29-22(31-37-23)18-6-5-16(19(13-18)25(26,27)28)7-10-32-11-8-17(9-12-32)24(34)35/h5-6,13-15,17H,4,7-12H2,1-3H3,(H,34,35). The lowest BCUT2D eigenvalue weighted by Gasteiger charge is -2.30. The first-order valence-electron chi connectivity index (χ1n) is 12.3. The first kappa shape index (κ1) is 26.6. The molecule has 1 aliphatic heterocycles. The van der Waals surface area contributed by atoms with Crippen molar-refractivity contribution in [2.45, 2.75) is 58.9 Å². The zero-order valence-corrected chi connectivity index (χ0v) is 21.0. The third kappa shape index (κ3) is 6.30. The average molecular weight is 522 g/mol. The second kappa shape index (κ2) is 10.9. The molecule has 1 N–H and O–H groups in total. The van der Waals surface area contributed by atoms with Gasteiger partial charge in [-0.15, -0.1) is 0 Å². The topological polar surface area (TPSA) is 107 Å². The van der Waals surface area contributed by atoms with Gasteiger partial charge in [-0.05, 0) is 64.8 Å².